The monoisotopic (exact) mass is 295 g/mol. The Balaban J connectivity index is 2.28. The number of aryl methyl sites for hydroxylation is 1. The van der Waals surface area contributed by atoms with Crippen LogP contribution in [0.15, 0.2) is 36.4 Å². The molecule has 2 aromatic carbocycles. The normalized spacial score (nSPS) is 12.4. The van der Waals surface area contributed by atoms with Crippen molar-refractivity contribution in [2.45, 2.75) is 19.4 Å². The van der Waals surface area contributed by atoms with Crippen LogP contribution in [0.5, 0.6) is 0 Å². The highest BCUT2D eigenvalue weighted by atomic mass is 35.5. The van der Waals surface area contributed by atoms with E-state index in [0.717, 1.165) is 11.1 Å². The first-order valence-electron chi connectivity index (χ1n) is 6.38. The molecule has 0 fully saturated rings. The van der Waals surface area contributed by atoms with Crippen LogP contribution in [0.4, 0.5) is 8.78 Å². The summed E-state index contributed by atoms with van der Waals surface area (Å²) in [6.45, 7) is 1.85. The molecule has 1 N–H and O–H groups in total. The van der Waals surface area contributed by atoms with Gasteiger partial charge in [-0.2, -0.15) is 0 Å². The van der Waals surface area contributed by atoms with E-state index in [1.807, 2.05) is 13.0 Å². The molecule has 0 heterocycles. The van der Waals surface area contributed by atoms with Gasteiger partial charge in [-0.05, 0) is 49.7 Å². The van der Waals surface area contributed by atoms with E-state index >= 15 is 0 Å². The van der Waals surface area contributed by atoms with E-state index in [1.165, 1.54) is 18.2 Å². The van der Waals surface area contributed by atoms with Crippen LogP contribution < -0.4 is 5.32 Å². The molecule has 0 amide bonds. The maximum absolute atomic E-state index is 14.0. The summed E-state index contributed by atoms with van der Waals surface area (Å²) in [5.41, 5.74) is 2.24. The first-order valence-corrected chi connectivity index (χ1v) is 6.76. The summed E-state index contributed by atoms with van der Waals surface area (Å²) < 4.78 is 27.1. The maximum Gasteiger partial charge on any atom is 0.128 e. The lowest BCUT2D eigenvalue weighted by Gasteiger charge is -2.18. The van der Waals surface area contributed by atoms with Crippen molar-refractivity contribution in [1.82, 2.24) is 5.32 Å². The average molecular weight is 296 g/mol. The van der Waals surface area contributed by atoms with Gasteiger partial charge >= 0.3 is 0 Å². The van der Waals surface area contributed by atoms with Gasteiger partial charge in [0.2, 0.25) is 0 Å². The van der Waals surface area contributed by atoms with Crippen molar-refractivity contribution in [1.29, 1.82) is 0 Å². The molecule has 0 spiro atoms. The van der Waals surface area contributed by atoms with Crippen LogP contribution in [0, 0.1) is 18.6 Å². The van der Waals surface area contributed by atoms with Gasteiger partial charge < -0.3 is 5.32 Å². The number of nitrogens with one attached hydrogen (secondary N) is 1. The molecule has 0 bridgehead atoms. The predicted octanol–water partition coefficient (Wildman–Crippen LogP) is 4.43. The zero-order chi connectivity index (χ0) is 14.7. The third kappa shape index (κ3) is 3.35. The van der Waals surface area contributed by atoms with Crippen LogP contribution in [-0.2, 0) is 6.42 Å². The lowest BCUT2D eigenvalue weighted by atomic mass is 9.97. The molecular formula is C16H16ClF2N. The molecule has 20 heavy (non-hydrogen) atoms. The van der Waals surface area contributed by atoms with Crippen LogP contribution in [0.3, 0.4) is 0 Å². The molecule has 4 heteroatoms. The van der Waals surface area contributed by atoms with Crippen molar-refractivity contribution in [2.75, 3.05) is 7.05 Å². The Bertz CT molecular complexity index is 613. The van der Waals surface area contributed by atoms with Gasteiger partial charge in [0.1, 0.15) is 11.6 Å². The maximum atomic E-state index is 14.0. The molecule has 0 aliphatic carbocycles. The summed E-state index contributed by atoms with van der Waals surface area (Å²) >= 11 is 6.02. The number of hydrogen-bond acceptors (Lipinski definition) is 1. The zero-order valence-electron chi connectivity index (χ0n) is 11.4. The molecule has 106 valence electrons. The van der Waals surface area contributed by atoms with Gasteiger partial charge in [0, 0.05) is 16.6 Å². The summed E-state index contributed by atoms with van der Waals surface area (Å²) in [4.78, 5) is 0. The van der Waals surface area contributed by atoms with Gasteiger partial charge in [-0.1, -0.05) is 29.8 Å². The number of halogens is 3. The van der Waals surface area contributed by atoms with Crippen LogP contribution >= 0.6 is 11.6 Å². The van der Waals surface area contributed by atoms with E-state index in [9.17, 15) is 8.78 Å². The van der Waals surface area contributed by atoms with E-state index in [1.54, 1.807) is 19.2 Å². The van der Waals surface area contributed by atoms with E-state index < -0.39 is 0 Å². The van der Waals surface area contributed by atoms with Crippen LogP contribution in [0.2, 0.25) is 5.02 Å². The molecule has 1 unspecified atom stereocenters. The van der Waals surface area contributed by atoms with Gasteiger partial charge in [-0.3, -0.25) is 0 Å². The van der Waals surface area contributed by atoms with Crippen molar-refractivity contribution in [2.24, 2.45) is 0 Å². The minimum atomic E-state index is -0.374. The van der Waals surface area contributed by atoms with Crippen LogP contribution in [0.25, 0.3) is 0 Å². The molecule has 1 nitrogen and oxygen atoms in total. The Morgan fingerprint density at radius 1 is 1.15 bits per heavy atom. The largest absolute Gasteiger partial charge is 0.313 e. The molecule has 2 aromatic rings. The molecule has 0 aromatic heterocycles. The van der Waals surface area contributed by atoms with Crippen molar-refractivity contribution >= 4 is 11.6 Å². The predicted molar refractivity (Wildman–Crippen MR) is 78.1 cm³/mol. The minimum Gasteiger partial charge on any atom is -0.313 e. The Morgan fingerprint density at radius 3 is 2.50 bits per heavy atom. The quantitative estimate of drug-likeness (QED) is 0.880. The highest BCUT2D eigenvalue weighted by Gasteiger charge is 2.16. The summed E-state index contributed by atoms with van der Waals surface area (Å²) in [7, 11) is 1.77. The minimum absolute atomic E-state index is 0.210. The molecule has 1 atom stereocenters. The Labute approximate surface area is 122 Å². The second-order valence-corrected chi connectivity index (χ2v) is 5.21. The van der Waals surface area contributed by atoms with E-state index in [0.29, 0.717) is 17.0 Å². The number of benzene rings is 2. The summed E-state index contributed by atoms with van der Waals surface area (Å²) in [6.07, 6.45) is 0.496. The number of likely N-dealkylation sites (N-methyl/N-ethyl adjacent to an activating group) is 1. The third-order valence-corrected chi connectivity index (χ3v) is 3.67. The summed E-state index contributed by atoms with van der Waals surface area (Å²) in [5, 5.41) is 3.44. The van der Waals surface area contributed by atoms with Gasteiger partial charge in [-0.15, -0.1) is 0 Å². The Morgan fingerprint density at radius 2 is 1.90 bits per heavy atom. The fraction of sp³-hybridized carbons (Fsp3) is 0.250. The van der Waals surface area contributed by atoms with E-state index in [-0.39, 0.29) is 17.7 Å². The second-order valence-electron chi connectivity index (χ2n) is 4.81. The highest BCUT2D eigenvalue weighted by Crippen LogP contribution is 2.26. The van der Waals surface area contributed by atoms with Crippen molar-refractivity contribution in [3.8, 4) is 0 Å². The topological polar surface area (TPSA) is 12.0 Å². The second kappa shape index (κ2) is 6.33. The molecule has 2 rings (SSSR count). The summed E-state index contributed by atoms with van der Waals surface area (Å²) in [5.74, 6) is -0.621. The molecule has 0 aliphatic heterocycles. The molecular weight excluding hydrogens is 280 g/mol. The van der Waals surface area contributed by atoms with E-state index in [4.69, 9.17) is 11.6 Å². The summed E-state index contributed by atoms with van der Waals surface area (Å²) in [6, 6.07) is 9.20. The SMILES string of the molecule is CNC(Cc1ccc(F)cc1Cl)c1ccc(C)cc1F. The highest BCUT2D eigenvalue weighted by molar-refractivity contribution is 6.31. The third-order valence-electron chi connectivity index (χ3n) is 3.32. The number of hydrogen-bond donors (Lipinski definition) is 1. The first-order chi connectivity index (χ1) is 9.51. The van der Waals surface area contributed by atoms with Crippen LogP contribution in [-0.4, -0.2) is 7.05 Å². The molecule has 0 aliphatic rings. The van der Waals surface area contributed by atoms with Crippen molar-refractivity contribution < 1.29 is 8.78 Å². The van der Waals surface area contributed by atoms with Gasteiger partial charge in [0.25, 0.3) is 0 Å². The average Bonchev–Trinajstić information content (AvgIpc) is 2.39. The lowest BCUT2D eigenvalue weighted by Crippen LogP contribution is -2.20. The van der Waals surface area contributed by atoms with Crippen LogP contribution in [0.1, 0.15) is 22.7 Å². The molecule has 0 radical (unpaired) electrons. The smallest absolute Gasteiger partial charge is 0.128 e. The first kappa shape index (κ1) is 14.9. The fourth-order valence-electron chi connectivity index (χ4n) is 2.19. The fourth-order valence-corrected chi connectivity index (χ4v) is 2.43. The zero-order valence-corrected chi connectivity index (χ0v) is 12.1. The van der Waals surface area contributed by atoms with Crippen molar-refractivity contribution in [3.63, 3.8) is 0 Å². The lowest BCUT2D eigenvalue weighted by molar-refractivity contribution is 0.533. The standard InChI is InChI=1S/C16H16ClF2N/c1-10-3-6-13(15(19)7-10)16(20-2)8-11-4-5-12(18)9-14(11)17/h3-7,9,16,20H,8H2,1-2H3. The molecule has 0 saturated carbocycles. The molecule has 0 saturated heterocycles. The Kier molecular flexibility index (Phi) is 4.73. The number of rotatable bonds is 4. The van der Waals surface area contributed by atoms with Gasteiger partial charge in [-0.25, -0.2) is 8.78 Å². The van der Waals surface area contributed by atoms with Gasteiger partial charge in [0.15, 0.2) is 0 Å². The Hall–Kier alpha value is -1.45. The van der Waals surface area contributed by atoms with E-state index in [2.05, 4.69) is 5.32 Å². The van der Waals surface area contributed by atoms with Crippen molar-refractivity contribution in [3.05, 3.63) is 69.7 Å². The van der Waals surface area contributed by atoms with Gasteiger partial charge in [0.05, 0.1) is 0 Å².